The number of piperazine rings is 1. The summed E-state index contributed by atoms with van der Waals surface area (Å²) in [6.07, 6.45) is 3.91. The second-order valence-corrected chi connectivity index (χ2v) is 9.62. The van der Waals surface area contributed by atoms with E-state index in [0.29, 0.717) is 28.4 Å². The van der Waals surface area contributed by atoms with Crippen molar-refractivity contribution in [1.82, 2.24) is 30.0 Å². The number of hydrogen-bond donors (Lipinski definition) is 3. The van der Waals surface area contributed by atoms with Crippen LogP contribution in [0.3, 0.4) is 0 Å². The summed E-state index contributed by atoms with van der Waals surface area (Å²) in [7, 11) is 0. The normalized spacial score (nSPS) is 14.9. The highest BCUT2D eigenvalue weighted by Crippen LogP contribution is 2.36. The molecule has 0 bridgehead atoms. The van der Waals surface area contributed by atoms with E-state index in [9.17, 15) is 0 Å². The molecule has 188 valence electrons. The minimum absolute atomic E-state index is 0.221. The Hall–Kier alpha value is -3.56. The molecule has 0 atom stereocenters. The minimum Gasteiger partial charge on any atom is -0.423 e. The van der Waals surface area contributed by atoms with Gasteiger partial charge in [-0.15, -0.1) is 0 Å². The van der Waals surface area contributed by atoms with Crippen molar-refractivity contribution in [2.75, 3.05) is 36.4 Å². The average Bonchev–Trinajstić information content (AvgIpc) is 3.47. The van der Waals surface area contributed by atoms with Crippen LogP contribution < -0.4 is 15.0 Å². The largest absolute Gasteiger partial charge is 0.423 e. The zero-order valence-electron chi connectivity index (χ0n) is 21.0. The molecule has 1 aliphatic rings. The third-order valence-electron chi connectivity index (χ3n) is 6.30. The fourth-order valence-electron chi connectivity index (χ4n) is 4.41. The molecule has 1 saturated heterocycles. The summed E-state index contributed by atoms with van der Waals surface area (Å²) in [5, 5.41) is 12.0. The van der Waals surface area contributed by atoms with Crippen molar-refractivity contribution in [2.24, 2.45) is 0 Å². The molecule has 4 aromatic rings. The molecule has 0 radical (unpaired) electrons. The van der Waals surface area contributed by atoms with Gasteiger partial charge in [-0.2, -0.15) is 15.1 Å². The zero-order chi connectivity index (χ0) is 25.2. The van der Waals surface area contributed by atoms with E-state index in [1.54, 1.807) is 0 Å². The van der Waals surface area contributed by atoms with Crippen molar-refractivity contribution >= 4 is 46.0 Å². The highest BCUT2D eigenvalue weighted by Gasteiger charge is 2.22. The summed E-state index contributed by atoms with van der Waals surface area (Å²) < 4.78 is 6.15. The zero-order valence-corrected chi connectivity index (χ0v) is 21.7. The molecule has 1 fully saturated rings. The van der Waals surface area contributed by atoms with Gasteiger partial charge in [0.05, 0.1) is 10.7 Å². The maximum Gasteiger partial charge on any atom is 0.325 e. The van der Waals surface area contributed by atoms with E-state index in [0.717, 1.165) is 54.3 Å². The molecule has 1 aliphatic heterocycles. The van der Waals surface area contributed by atoms with E-state index < -0.39 is 0 Å². The molecular weight excluding hydrogens is 476 g/mol. The molecule has 36 heavy (non-hydrogen) atoms. The van der Waals surface area contributed by atoms with Crippen LogP contribution in [0.4, 0.5) is 17.5 Å². The number of anilines is 3. The van der Waals surface area contributed by atoms with Crippen LogP contribution in [0.2, 0.25) is 5.02 Å². The molecule has 3 N–H and O–H groups in total. The van der Waals surface area contributed by atoms with Gasteiger partial charge in [0, 0.05) is 61.0 Å². The van der Waals surface area contributed by atoms with Crippen LogP contribution in [0.15, 0.2) is 36.4 Å². The monoisotopic (exact) mass is 506 g/mol. The van der Waals surface area contributed by atoms with Gasteiger partial charge >= 0.3 is 6.01 Å². The fourth-order valence-corrected chi connectivity index (χ4v) is 4.67. The Kier molecular flexibility index (Phi) is 6.84. The van der Waals surface area contributed by atoms with Crippen molar-refractivity contribution < 1.29 is 4.74 Å². The molecule has 3 aromatic heterocycles. The number of hydrogen-bond acceptors (Lipinski definition) is 7. The number of nitrogens with zero attached hydrogens (tertiary/aromatic N) is 5. The van der Waals surface area contributed by atoms with Crippen LogP contribution in [0.1, 0.15) is 32.2 Å². The number of allylic oxidation sites excluding steroid dienone is 1. The van der Waals surface area contributed by atoms with Crippen LogP contribution in [-0.4, -0.2) is 62.3 Å². The molecule has 4 heterocycles. The molecular formula is C26H31ClN8O. The Bertz CT molecular complexity index is 1380. The summed E-state index contributed by atoms with van der Waals surface area (Å²) in [6.45, 7) is 12.1. The van der Waals surface area contributed by atoms with Crippen molar-refractivity contribution in [1.29, 1.82) is 0 Å². The summed E-state index contributed by atoms with van der Waals surface area (Å²) in [6, 6.07) is 10.4. The predicted octanol–water partition coefficient (Wildman–Crippen LogP) is 5.74. The van der Waals surface area contributed by atoms with Gasteiger partial charge in [0.15, 0.2) is 5.82 Å². The fraction of sp³-hybridized carbons (Fsp3) is 0.346. The van der Waals surface area contributed by atoms with Crippen molar-refractivity contribution in [3.05, 3.63) is 52.8 Å². The Morgan fingerprint density at radius 1 is 1.08 bits per heavy atom. The lowest BCUT2D eigenvalue weighted by Crippen LogP contribution is -2.49. The highest BCUT2D eigenvalue weighted by atomic mass is 35.5. The van der Waals surface area contributed by atoms with Crippen molar-refractivity contribution in [3.63, 3.8) is 0 Å². The maximum atomic E-state index is 6.69. The molecule has 0 spiro atoms. The quantitative estimate of drug-likeness (QED) is 0.294. The number of benzene rings is 1. The minimum atomic E-state index is 0.221. The number of aromatic nitrogens is 5. The van der Waals surface area contributed by atoms with Crippen LogP contribution in [0.5, 0.6) is 11.8 Å². The number of halogens is 1. The van der Waals surface area contributed by atoms with E-state index in [4.69, 9.17) is 21.3 Å². The molecule has 0 saturated carbocycles. The summed E-state index contributed by atoms with van der Waals surface area (Å²) in [4.78, 5) is 17.4. The van der Waals surface area contributed by atoms with Gasteiger partial charge in [0.2, 0.25) is 0 Å². The molecule has 0 unspecified atom stereocenters. The van der Waals surface area contributed by atoms with Crippen LogP contribution >= 0.6 is 11.6 Å². The van der Waals surface area contributed by atoms with Gasteiger partial charge < -0.3 is 19.9 Å². The number of aryl methyl sites for hydroxylation is 1. The number of nitrogens with one attached hydrogen (secondary N) is 3. The molecule has 0 amide bonds. The standard InChI is InChI=1S/C26H31ClN8O/c1-5-6-18-14-23(33-32-18)29-22-15-24(35-11-9-34(10-12-35)16(2)3)31-26(30-22)36-21-8-7-20-19(25(21)27)13-17(4)28-20/h5-8,13-16,28H,9-12H2,1-4H3,(H2,29,30,31,32,33)/b6-5+. The summed E-state index contributed by atoms with van der Waals surface area (Å²) in [5.74, 6) is 2.55. The maximum absolute atomic E-state index is 6.69. The van der Waals surface area contributed by atoms with E-state index in [-0.39, 0.29) is 6.01 Å². The Labute approximate surface area is 215 Å². The molecule has 10 heteroatoms. The Balaban J connectivity index is 1.46. The molecule has 0 aliphatic carbocycles. The number of rotatable bonds is 7. The molecule has 5 rings (SSSR count). The number of H-pyrrole nitrogens is 2. The number of fused-ring (bicyclic) bond motifs is 1. The Morgan fingerprint density at radius 3 is 2.64 bits per heavy atom. The number of aromatic amines is 2. The van der Waals surface area contributed by atoms with Gasteiger partial charge in [-0.3, -0.25) is 10.00 Å². The third kappa shape index (κ3) is 5.17. The second kappa shape index (κ2) is 10.2. The van der Waals surface area contributed by atoms with Gasteiger partial charge in [-0.1, -0.05) is 17.7 Å². The van der Waals surface area contributed by atoms with Crippen LogP contribution in [-0.2, 0) is 0 Å². The lowest BCUT2D eigenvalue weighted by Gasteiger charge is -2.37. The van der Waals surface area contributed by atoms with Crippen molar-refractivity contribution in [2.45, 2.75) is 33.7 Å². The van der Waals surface area contributed by atoms with E-state index in [1.165, 1.54) is 0 Å². The van der Waals surface area contributed by atoms with Gasteiger partial charge in [-0.05, 0) is 52.0 Å². The first-order chi connectivity index (χ1) is 17.4. The van der Waals surface area contributed by atoms with E-state index >= 15 is 0 Å². The third-order valence-corrected chi connectivity index (χ3v) is 6.69. The first-order valence-corrected chi connectivity index (χ1v) is 12.6. The van der Waals surface area contributed by atoms with Gasteiger partial charge in [0.25, 0.3) is 0 Å². The molecule has 1 aromatic carbocycles. The van der Waals surface area contributed by atoms with Crippen molar-refractivity contribution in [3.8, 4) is 11.8 Å². The number of ether oxygens (including phenoxy) is 1. The smallest absolute Gasteiger partial charge is 0.325 e. The topological polar surface area (TPSA) is 98.0 Å². The average molecular weight is 507 g/mol. The SMILES string of the molecule is C/C=C/c1cc(Nc2cc(N3CCN(C(C)C)CC3)nc(Oc3ccc4[nH]c(C)cc4c3Cl)n2)n[nH]1. The van der Waals surface area contributed by atoms with Gasteiger partial charge in [0.1, 0.15) is 17.4 Å². The first kappa shape index (κ1) is 24.1. The highest BCUT2D eigenvalue weighted by molar-refractivity contribution is 6.37. The van der Waals surface area contributed by atoms with Crippen LogP contribution in [0.25, 0.3) is 17.0 Å². The molecule has 9 nitrogen and oxygen atoms in total. The first-order valence-electron chi connectivity index (χ1n) is 12.2. The second-order valence-electron chi connectivity index (χ2n) is 9.24. The summed E-state index contributed by atoms with van der Waals surface area (Å²) >= 11 is 6.69. The predicted molar refractivity (Wildman–Crippen MR) is 146 cm³/mol. The van der Waals surface area contributed by atoms with E-state index in [1.807, 2.05) is 56.3 Å². The lowest BCUT2D eigenvalue weighted by molar-refractivity contribution is 0.209. The van der Waals surface area contributed by atoms with Gasteiger partial charge in [-0.25, -0.2) is 0 Å². The van der Waals surface area contributed by atoms with Crippen LogP contribution in [0, 0.1) is 6.92 Å². The Morgan fingerprint density at radius 2 is 1.89 bits per heavy atom. The lowest BCUT2D eigenvalue weighted by atomic mass is 10.2. The van der Waals surface area contributed by atoms with E-state index in [2.05, 4.69) is 49.1 Å². The summed E-state index contributed by atoms with van der Waals surface area (Å²) in [5.41, 5.74) is 2.89.